The average Bonchev–Trinajstić information content (AvgIpc) is 3.07. The highest BCUT2D eigenvalue weighted by molar-refractivity contribution is 5.90. The van der Waals surface area contributed by atoms with Gasteiger partial charge in [0, 0.05) is 6.42 Å². The van der Waals surface area contributed by atoms with Crippen LogP contribution in [-0.4, -0.2) is 42.8 Å². The van der Waals surface area contributed by atoms with E-state index in [1.807, 2.05) is 121 Å². The van der Waals surface area contributed by atoms with Crippen molar-refractivity contribution in [3.8, 4) is 0 Å². The molecule has 0 saturated carbocycles. The minimum Gasteiger partial charge on any atom is -0.367 e. The molecule has 0 aliphatic heterocycles. The number of benzene rings is 4. The number of ether oxygens (including phenoxy) is 4. The quantitative estimate of drug-likeness (QED) is 0.132. The van der Waals surface area contributed by atoms with Crippen molar-refractivity contribution in [2.75, 3.05) is 0 Å². The smallest absolute Gasteiger partial charge is 0.193 e. The Bertz CT molecular complexity index is 1360. The number of aldehydes is 2. The number of rotatable bonds is 19. The first-order valence-corrected chi connectivity index (χ1v) is 14.2. The Labute approximate surface area is 252 Å². The largest absolute Gasteiger partial charge is 0.367 e. The summed E-state index contributed by atoms with van der Waals surface area (Å²) in [6, 6.07) is 37.6. The van der Waals surface area contributed by atoms with E-state index in [0.717, 1.165) is 22.3 Å². The number of hydrogen-bond acceptors (Lipinski definition) is 7. The minimum atomic E-state index is -1.28. The molecule has 0 N–H and O–H groups in total. The first kappa shape index (κ1) is 31.7. The number of carbonyl (C=O) groups excluding carboxylic acids is 3. The fourth-order valence-electron chi connectivity index (χ4n) is 4.51. The van der Waals surface area contributed by atoms with Gasteiger partial charge in [-0.25, -0.2) is 0 Å². The van der Waals surface area contributed by atoms with Crippen LogP contribution < -0.4 is 0 Å². The zero-order chi connectivity index (χ0) is 30.1. The Morgan fingerprint density at radius 1 is 0.535 bits per heavy atom. The summed E-state index contributed by atoms with van der Waals surface area (Å²) >= 11 is 0. The molecule has 4 atom stereocenters. The Balaban J connectivity index is 1.63. The van der Waals surface area contributed by atoms with Gasteiger partial charge in [-0.15, -0.1) is 0 Å². The van der Waals surface area contributed by atoms with Crippen LogP contribution in [0.3, 0.4) is 0 Å². The first-order chi connectivity index (χ1) is 21.2. The van der Waals surface area contributed by atoms with E-state index in [1.54, 1.807) is 0 Å². The van der Waals surface area contributed by atoms with Gasteiger partial charge in [-0.05, 0) is 22.3 Å². The van der Waals surface area contributed by atoms with Crippen molar-refractivity contribution in [3.05, 3.63) is 144 Å². The Hall–Kier alpha value is -4.27. The van der Waals surface area contributed by atoms with Gasteiger partial charge in [-0.2, -0.15) is 0 Å². The van der Waals surface area contributed by atoms with Crippen molar-refractivity contribution in [2.24, 2.45) is 0 Å². The normalized spacial score (nSPS) is 13.9. The summed E-state index contributed by atoms with van der Waals surface area (Å²) < 4.78 is 24.5. The van der Waals surface area contributed by atoms with Crippen LogP contribution in [0.2, 0.25) is 0 Å². The van der Waals surface area contributed by atoms with E-state index in [4.69, 9.17) is 18.9 Å². The van der Waals surface area contributed by atoms with Gasteiger partial charge in [0.2, 0.25) is 0 Å². The SMILES string of the molecule is O=CC[C@H](OCc1ccccc1)C(=O)[C@@H](OCc1ccccc1)[C@H](OCc1ccccc1)[C@H](C=O)OCc1ccccc1. The maximum absolute atomic E-state index is 14.2. The fourth-order valence-corrected chi connectivity index (χ4v) is 4.51. The molecule has 7 heteroatoms. The second-order valence-corrected chi connectivity index (χ2v) is 9.97. The van der Waals surface area contributed by atoms with Crippen LogP contribution in [0, 0.1) is 0 Å². The molecule has 0 aliphatic carbocycles. The molecule has 0 saturated heterocycles. The number of ketones is 1. The molecule has 0 heterocycles. The van der Waals surface area contributed by atoms with Crippen molar-refractivity contribution in [2.45, 2.75) is 57.3 Å². The highest BCUT2D eigenvalue weighted by atomic mass is 16.6. The topological polar surface area (TPSA) is 88.1 Å². The molecule has 0 aliphatic rings. The van der Waals surface area contributed by atoms with Gasteiger partial charge >= 0.3 is 0 Å². The number of Topliss-reactive ketones (excluding diaryl/α,β-unsaturated/α-hetero) is 1. The molecular formula is C36H36O7. The first-order valence-electron chi connectivity index (χ1n) is 14.2. The monoisotopic (exact) mass is 580 g/mol. The van der Waals surface area contributed by atoms with Gasteiger partial charge in [0.15, 0.2) is 12.1 Å². The molecule has 0 bridgehead atoms. The third-order valence-corrected chi connectivity index (χ3v) is 6.80. The standard InChI is InChI=1S/C36H36O7/c37-22-21-32(40-24-28-13-5-1-6-14-28)34(39)36(43-27-31-19-11-4-12-20-31)35(42-26-30-17-9-3-10-18-30)33(23-38)41-25-29-15-7-2-8-16-29/h1-20,22-23,32-33,35-36H,21,24-27H2/t32-,33-,35+,36+/m0/s1. The van der Waals surface area contributed by atoms with E-state index in [-0.39, 0.29) is 32.8 Å². The molecule has 7 nitrogen and oxygen atoms in total. The highest BCUT2D eigenvalue weighted by Gasteiger charge is 2.40. The summed E-state index contributed by atoms with van der Waals surface area (Å²) in [6.07, 6.45) is -3.60. The van der Waals surface area contributed by atoms with Crippen molar-refractivity contribution in [1.82, 2.24) is 0 Å². The molecule has 4 rings (SSSR count). The van der Waals surface area contributed by atoms with Crippen molar-refractivity contribution < 1.29 is 33.3 Å². The van der Waals surface area contributed by atoms with Gasteiger partial charge in [-0.3, -0.25) is 4.79 Å². The lowest BCUT2D eigenvalue weighted by Crippen LogP contribution is -2.51. The van der Waals surface area contributed by atoms with Crippen LogP contribution in [-0.2, 0) is 59.8 Å². The molecule has 0 spiro atoms. The van der Waals surface area contributed by atoms with Crippen molar-refractivity contribution in [1.29, 1.82) is 0 Å². The van der Waals surface area contributed by atoms with Crippen LogP contribution in [0.4, 0.5) is 0 Å². The second kappa shape index (κ2) is 17.6. The molecule has 0 aromatic heterocycles. The van der Waals surface area contributed by atoms with Crippen LogP contribution >= 0.6 is 0 Å². The summed E-state index contributed by atoms with van der Waals surface area (Å²) in [5.41, 5.74) is 3.38. The summed E-state index contributed by atoms with van der Waals surface area (Å²) in [5, 5.41) is 0. The fraction of sp³-hybridized carbons (Fsp3) is 0.250. The Kier molecular flexibility index (Phi) is 13.0. The van der Waals surface area contributed by atoms with Gasteiger partial charge < -0.3 is 28.5 Å². The molecule has 0 amide bonds. The van der Waals surface area contributed by atoms with Gasteiger partial charge in [0.1, 0.15) is 30.7 Å². The Morgan fingerprint density at radius 3 is 1.35 bits per heavy atom. The number of carbonyl (C=O) groups is 3. The van der Waals surface area contributed by atoms with Crippen LogP contribution in [0.1, 0.15) is 28.7 Å². The van der Waals surface area contributed by atoms with E-state index in [9.17, 15) is 14.4 Å². The lowest BCUT2D eigenvalue weighted by molar-refractivity contribution is -0.175. The van der Waals surface area contributed by atoms with Crippen molar-refractivity contribution in [3.63, 3.8) is 0 Å². The molecule has 0 unspecified atom stereocenters. The third kappa shape index (κ3) is 10.2. The van der Waals surface area contributed by atoms with E-state index < -0.39 is 30.2 Å². The summed E-state index contributed by atoms with van der Waals surface area (Å²) in [4.78, 5) is 38.4. The van der Waals surface area contributed by atoms with Gasteiger partial charge in [-0.1, -0.05) is 121 Å². The average molecular weight is 581 g/mol. The van der Waals surface area contributed by atoms with Crippen LogP contribution in [0.15, 0.2) is 121 Å². The molecular weight excluding hydrogens is 544 g/mol. The second-order valence-electron chi connectivity index (χ2n) is 9.97. The van der Waals surface area contributed by atoms with Crippen molar-refractivity contribution >= 4 is 18.4 Å². The summed E-state index contributed by atoms with van der Waals surface area (Å²) in [5.74, 6) is -0.507. The predicted octanol–water partition coefficient (Wildman–Crippen LogP) is 5.69. The van der Waals surface area contributed by atoms with Crippen LogP contribution in [0.5, 0.6) is 0 Å². The molecule has 0 fully saturated rings. The van der Waals surface area contributed by atoms with E-state index >= 15 is 0 Å². The summed E-state index contributed by atoms with van der Waals surface area (Å²) in [6.45, 7) is 0.413. The molecule has 0 radical (unpaired) electrons. The van der Waals surface area contributed by atoms with E-state index in [2.05, 4.69) is 0 Å². The molecule has 4 aromatic rings. The lowest BCUT2D eigenvalue weighted by Gasteiger charge is -2.32. The van der Waals surface area contributed by atoms with Crippen LogP contribution in [0.25, 0.3) is 0 Å². The summed E-state index contributed by atoms with van der Waals surface area (Å²) in [7, 11) is 0. The zero-order valence-corrected chi connectivity index (χ0v) is 23.9. The van der Waals surface area contributed by atoms with E-state index in [0.29, 0.717) is 12.6 Å². The minimum absolute atomic E-state index is 0.0687. The molecule has 43 heavy (non-hydrogen) atoms. The zero-order valence-electron chi connectivity index (χ0n) is 23.9. The molecule has 222 valence electrons. The highest BCUT2D eigenvalue weighted by Crippen LogP contribution is 2.21. The maximum Gasteiger partial charge on any atom is 0.193 e. The van der Waals surface area contributed by atoms with Gasteiger partial charge in [0.25, 0.3) is 0 Å². The lowest BCUT2D eigenvalue weighted by atomic mass is 9.98. The maximum atomic E-state index is 14.2. The third-order valence-electron chi connectivity index (χ3n) is 6.80. The number of hydrogen-bond donors (Lipinski definition) is 0. The molecule has 4 aromatic carbocycles. The predicted molar refractivity (Wildman–Crippen MR) is 162 cm³/mol. The van der Waals surface area contributed by atoms with E-state index in [1.165, 1.54) is 0 Å². The van der Waals surface area contributed by atoms with Gasteiger partial charge in [0.05, 0.1) is 26.4 Å². The Morgan fingerprint density at radius 2 is 0.930 bits per heavy atom.